The summed E-state index contributed by atoms with van der Waals surface area (Å²) in [6.45, 7) is 8.20. The van der Waals surface area contributed by atoms with Crippen molar-refractivity contribution in [3.05, 3.63) is 0 Å². The Bertz CT molecular complexity index is 166. The van der Waals surface area contributed by atoms with Gasteiger partial charge in [-0.05, 0) is 58.2 Å². The molecule has 1 unspecified atom stereocenters. The number of hydrogen-bond donors (Lipinski definition) is 1. The Hall–Kier alpha value is -0.0800. The van der Waals surface area contributed by atoms with Crippen molar-refractivity contribution in [3.8, 4) is 0 Å². The summed E-state index contributed by atoms with van der Waals surface area (Å²) in [6, 6.07) is 0.738. The molecule has 0 aromatic rings. The van der Waals surface area contributed by atoms with Crippen LogP contribution in [0.15, 0.2) is 0 Å². The third kappa shape index (κ3) is 5.31. The Morgan fingerprint density at radius 3 is 2.56 bits per heavy atom. The lowest BCUT2D eigenvalue weighted by atomic mass is 9.85. The number of rotatable bonds is 9. The highest BCUT2D eigenvalue weighted by Crippen LogP contribution is 2.26. The van der Waals surface area contributed by atoms with Gasteiger partial charge in [0.05, 0.1) is 0 Å². The van der Waals surface area contributed by atoms with E-state index in [0.717, 1.165) is 18.5 Å². The van der Waals surface area contributed by atoms with Crippen molar-refractivity contribution in [1.82, 2.24) is 10.2 Å². The summed E-state index contributed by atoms with van der Waals surface area (Å²) in [5.74, 6) is 1.01. The van der Waals surface area contributed by atoms with Crippen LogP contribution in [0.1, 0.15) is 52.4 Å². The topological polar surface area (TPSA) is 15.3 Å². The zero-order valence-corrected chi connectivity index (χ0v) is 11.5. The molecule has 0 amide bonds. The molecule has 0 heterocycles. The minimum atomic E-state index is 0.738. The summed E-state index contributed by atoms with van der Waals surface area (Å²) < 4.78 is 0. The molecule has 0 saturated heterocycles. The maximum absolute atomic E-state index is 3.55. The van der Waals surface area contributed by atoms with E-state index in [0.29, 0.717) is 0 Å². The lowest BCUT2D eigenvalue weighted by Crippen LogP contribution is -2.32. The summed E-state index contributed by atoms with van der Waals surface area (Å²) in [5.41, 5.74) is 0. The van der Waals surface area contributed by atoms with Crippen LogP contribution in [0.5, 0.6) is 0 Å². The molecular weight excluding hydrogens is 196 g/mol. The second kappa shape index (κ2) is 8.08. The van der Waals surface area contributed by atoms with Crippen LogP contribution in [0.3, 0.4) is 0 Å². The van der Waals surface area contributed by atoms with Gasteiger partial charge in [0.2, 0.25) is 0 Å². The molecule has 1 aliphatic rings. The van der Waals surface area contributed by atoms with Crippen LogP contribution in [0.4, 0.5) is 0 Å². The Labute approximate surface area is 102 Å². The van der Waals surface area contributed by atoms with E-state index in [1.807, 2.05) is 0 Å². The molecule has 0 aliphatic heterocycles. The molecule has 1 atom stereocenters. The normalized spacial score (nSPS) is 18.8. The highest BCUT2D eigenvalue weighted by Gasteiger charge is 2.18. The molecule has 0 radical (unpaired) electrons. The molecule has 2 heteroatoms. The molecule has 1 saturated carbocycles. The fraction of sp³-hybridized carbons (Fsp3) is 1.00. The summed E-state index contributed by atoms with van der Waals surface area (Å²) in [7, 11) is 2.28. The lowest BCUT2D eigenvalue weighted by molar-refractivity contribution is 0.201. The molecule has 0 bridgehead atoms. The van der Waals surface area contributed by atoms with Crippen molar-refractivity contribution in [2.45, 2.75) is 58.4 Å². The zero-order valence-electron chi connectivity index (χ0n) is 11.5. The van der Waals surface area contributed by atoms with Crippen molar-refractivity contribution < 1.29 is 0 Å². The van der Waals surface area contributed by atoms with Gasteiger partial charge in [0.1, 0.15) is 0 Å². The molecule has 0 spiro atoms. The van der Waals surface area contributed by atoms with Crippen molar-refractivity contribution >= 4 is 0 Å². The first-order valence-corrected chi connectivity index (χ1v) is 7.18. The number of nitrogens with one attached hydrogen (secondary N) is 1. The predicted molar refractivity (Wildman–Crippen MR) is 71.8 cm³/mol. The van der Waals surface area contributed by atoms with Gasteiger partial charge in [0.25, 0.3) is 0 Å². The molecule has 1 aliphatic carbocycles. The van der Waals surface area contributed by atoms with Gasteiger partial charge in [-0.3, -0.25) is 0 Å². The molecule has 0 aromatic carbocycles. The van der Waals surface area contributed by atoms with Gasteiger partial charge in [-0.2, -0.15) is 0 Å². The van der Waals surface area contributed by atoms with E-state index in [2.05, 4.69) is 31.1 Å². The molecule has 96 valence electrons. The van der Waals surface area contributed by atoms with Crippen LogP contribution in [-0.4, -0.2) is 37.6 Å². The largest absolute Gasteiger partial charge is 0.314 e. The van der Waals surface area contributed by atoms with Crippen LogP contribution in [0.25, 0.3) is 0 Å². The van der Waals surface area contributed by atoms with E-state index >= 15 is 0 Å². The second-order valence-corrected chi connectivity index (χ2v) is 5.36. The first kappa shape index (κ1) is 14.0. The first-order chi connectivity index (χ1) is 7.76. The number of hydrogen-bond acceptors (Lipinski definition) is 2. The molecule has 0 aromatic heterocycles. The fourth-order valence-electron chi connectivity index (χ4n) is 2.55. The maximum atomic E-state index is 3.55. The van der Waals surface area contributed by atoms with Crippen molar-refractivity contribution in [2.24, 2.45) is 5.92 Å². The van der Waals surface area contributed by atoms with Gasteiger partial charge < -0.3 is 10.2 Å². The monoisotopic (exact) mass is 226 g/mol. The van der Waals surface area contributed by atoms with E-state index in [9.17, 15) is 0 Å². The highest BCUT2D eigenvalue weighted by atomic mass is 15.1. The summed E-state index contributed by atoms with van der Waals surface area (Å²) in [4.78, 5) is 2.53. The van der Waals surface area contributed by atoms with Crippen molar-refractivity contribution in [3.63, 3.8) is 0 Å². The second-order valence-electron chi connectivity index (χ2n) is 5.36. The Kier molecular flexibility index (Phi) is 7.06. The third-order valence-corrected chi connectivity index (χ3v) is 3.87. The van der Waals surface area contributed by atoms with Gasteiger partial charge >= 0.3 is 0 Å². The first-order valence-electron chi connectivity index (χ1n) is 7.18. The average Bonchev–Trinajstić information content (AvgIpc) is 2.22. The van der Waals surface area contributed by atoms with E-state index in [-0.39, 0.29) is 0 Å². The van der Waals surface area contributed by atoms with Gasteiger partial charge in [0, 0.05) is 12.6 Å². The fourth-order valence-corrected chi connectivity index (χ4v) is 2.55. The van der Waals surface area contributed by atoms with Gasteiger partial charge in [-0.1, -0.05) is 20.3 Å². The SMILES string of the molecule is CCNC(CC)CCCN(C)CC1CCC1. The van der Waals surface area contributed by atoms with E-state index < -0.39 is 0 Å². The van der Waals surface area contributed by atoms with Gasteiger partial charge in [-0.25, -0.2) is 0 Å². The van der Waals surface area contributed by atoms with Crippen molar-refractivity contribution in [2.75, 3.05) is 26.7 Å². The van der Waals surface area contributed by atoms with Crippen LogP contribution in [0, 0.1) is 5.92 Å². The third-order valence-electron chi connectivity index (χ3n) is 3.87. The molecule has 1 fully saturated rings. The number of nitrogens with zero attached hydrogens (tertiary/aromatic N) is 1. The Morgan fingerprint density at radius 2 is 2.06 bits per heavy atom. The smallest absolute Gasteiger partial charge is 0.00647 e. The molecule has 16 heavy (non-hydrogen) atoms. The quantitative estimate of drug-likeness (QED) is 0.650. The van der Waals surface area contributed by atoms with Gasteiger partial charge in [-0.15, -0.1) is 0 Å². The summed E-state index contributed by atoms with van der Waals surface area (Å²) in [5, 5.41) is 3.55. The standard InChI is InChI=1S/C14H30N2/c1-4-14(15-5-2)10-7-11-16(3)12-13-8-6-9-13/h13-15H,4-12H2,1-3H3. The lowest BCUT2D eigenvalue weighted by Gasteiger charge is -2.30. The Balaban J connectivity index is 1.99. The maximum Gasteiger partial charge on any atom is 0.00647 e. The summed E-state index contributed by atoms with van der Waals surface area (Å²) >= 11 is 0. The Morgan fingerprint density at radius 1 is 1.31 bits per heavy atom. The average molecular weight is 226 g/mol. The van der Waals surface area contributed by atoms with Crippen LogP contribution >= 0.6 is 0 Å². The summed E-state index contributed by atoms with van der Waals surface area (Å²) in [6.07, 6.45) is 8.35. The van der Waals surface area contributed by atoms with Gasteiger partial charge in [0.15, 0.2) is 0 Å². The van der Waals surface area contributed by atoms with E-state index in [1.54, 1.807) is 0 Å². The molecular formula is C14H30N2. The van der Waals surface area contributed by atoms with Crippen LogP contribution in [-0.2, 0) is 0 Å². The van der Waals surface area contributed by atoms with Crippen LogP contribution < -0.4 is 5.32 Å². The van der Waals surface area contributed by atoms with E-state index in [4.69, 9.17) is 0 Å². The van der Waals surface area contributed by atoms with E-state index in [1.165, 1.54) is 51.6 Å². The van der Waals surface area contributed by atoms with Crippen LogP contribution in [0.2, 0.25) is 0 Å². The molecule has 1 rings (SSSR count). The zero-order chi connectivity index (χ0) is 11.8. The highest BCUT2D eigenvalue weighted by molar-refractivity contribution is 4.73. The predicted octanol–water partition coefficient (Wildman–Crippen LogP) is 2.89. The minimum Gasteiger partial charge on any atom is -0.314 e. The minimum absolute atomic E-state index is 0.738. The molecule has 1 N–H and O–H groups in total. The molecule has 2 nitrogen and oxygen atoms in total. The van der Waals surface area contributed by atoms with Crippen molar-refractivity contribution in [1.29, 1.82) is 0 Å².